The fraction of sp³-hybridized carbons (Fsp3) is 0.556. The van der Waals surface area contributed by atoms with Gasteiger partial charge in [0.05, 0.1) is 0 Å². The summed E-state index contributed by atoms with van der Waals surface area (Å²) in [6.07, 6.45) is 5.42. The minimum absolute atomic E-state index is 0.0767. The van der Waals surface area contributed by atoms with E-state index in [1.54, 1.807) is 6.26 Å². The molecule has 1 aliphatic carbocycles. The Morgan fingerprint density at radius 1 is 1.08 bits per heavy atom. The number of rotatable bonds is 1. The molecule has 4 heteroatoms. The Bertz CT molecular complexity index is 281. The summed E-state index contributed by atoms with van der Waals surface area (Å²) in [5, 5.41) is 0. The van der Waals surface area contributed by atoms with Crippen LogP contribution in [0.5, 0.6) is 0 Å². The van der Waals surface area contributed by atoms with Crippen LogP contribution in [0.25, 0.3) is 0 Å². The fourth-order valence-corrected chi connectivity index (χ4v) is 2.43. The summed E-state index contributed by atoms with van der Waals surface area (Å²) in [7, 11) is 0. The van der Waals surface area contributed by atoms with Gasteiger partial charge in [0.1, 0.15) is 0 Å². The standard InChI is InChI=1S/C9H11NO2S/c1-13-10-8(11)6-4-2-3-5-7(6)9(10)12/h2-5H2,1H3. The lowest BCUT2D eigenvalue weighted by molar-refractivity contribution is -0.131. The Kier molecular flexibility index (Phi) is 2.15. The number of amides is 2. The van der Waals surface area contributed by atoms with E-state index in [0.29, 0.717) is 0 Å². The molecule has 2 rings (SSSR count). The molecule has 1 heterocycles. The van der Waals surface area contributed by atoms with Crippen LogP contribution in [0.1, 0.15) is 25.7 Å². The third kappa shape index (κ3) is 1.20. The molecule has 0 fully saturated rings. The lowest BCUT2D eigenvalue weighted by atomic mass is 9.93. The fourth-order valence-electron chi connectivity index (χ4n) is 1.88. The summed E-state index contributed by atoms with van der Waals surface area (Å²) in [5.74, 6) is -0.153. The van der Waals surface area contributed by atoms with Gasteiger partial charge in [0, 0.05) is 17.4 Å². The van der Waals surface area contributed by atoms with E-state index in [2.05, 4.69) is 0 Å². The Hall–Kier alpha value is -0.770. The van der Waals surface area contributed by atoms with Gasteiger partial charge in [0.2, 0.25) is 0 Å². The number of carbonyl (C=O) groups is 2. The minimum Gasteiger partial charge on any atom is -0.268 e. The third-order valence-electron chi connectivity index (χ3n) is 2.54. The van der Waals surface area contributed by atoms with E-state index in [1.807, 2.05) is 0 Å². The van der Waals surface area contributed by atoms with E-state index >= 15 is 0 Å². The summed E-state index contributed by atoms with van der Waals surface area (Å²) < 4.78 is 1.27. The van der Waals surface area contributed by atoms with Gasteiger partial charge in [-0.2, -0.15) is 0 Å². The van der Waals surface area contributed by atoms with Crippen LogP contribution in [0, 0.1) is 0 Å². The number of carbonyl (C=O) groups excluding carboxylic acids is 2. The molecule has 2 aliphatic rings. The molecule has 13 heavy (non-hydrogen) atoms. The van der Waals surface area contributed by atoms with Crippen molar-refractivity contribution in [3.05, 3.63) is 11.1 Å². The van der Waals surface area contributed by atoms with Crippen LogP contribution in [0.3, 0.4) is 0 Å². The second kappa shape index (κ2) is 3.18. The van der Waals surface area contributed by atoms with Crippen molar-refractivity contribution in [3.63, 3.8) is 0 Å². The van der Waals surface area contributed by atoms with Gasteiger partial charge in [-0.15, -0.1) is 0 Å². The maximum absolute atomic E-state index is 11.6. The molecule has 0 aromatic carbocycles. The van der Waals surface area contributed by atoms with Crippen molar-refractivity contribution in [2.45, 2.75) is 25.7 Å². The second-order valence-corrected chi connectivity index (χ2v) is 3.98. The molecule has 0 radical (unpaired) electrons. The van der Waals surface area contributed by atoms with Crippen LogP contribution < -0.4 is 0 Å². The van der Waals surface area contributed by atoms with Crippen molar-refractivity contribution in [1.29, 1.82) is 0 Å². The van der Waals surface area contributed by atoms with E-state index < -0.39 is 0 Å². The van der Waals surface area contributed by atoms with Crippen LogP contribution in [0.15, 0.2) is 11.1 Å². The van der Waals surface area contributed by atoms with E-state index in [1.165, 1.54) is 16.3 Å². The normalized spacial score (nSPS) is 22.7. The van der Waals surface area contributed by atoms with Crippen LogP contribution in [0.4, 0.5) is 0 Å². The molecule has 70 valence electrons. The molecule has 0 aromatic heterocycles. The highest BCUT2D eigenvalue weighted by molar-refractivity contribution is 7.97. The van der Waals surface area contributed by atoms with Crippen LogP contribution in [0.2, 0.25) is 0 Å². The Morgan fingerprint density at radius 2 is 1.54 bits per heavy atom. The number of imide groups is 1. The summed E-state index contributed by atoms with van der Waals surface area (Å²) in [6, 6.07) is 0. The van der Waals surface area contributed by atoms with Gasteiger partial charge in [-0.05, 0) is 37.6 Å². The van der Waals surface area contributed by atoms with Gasteiger partial charge < -0.3 is 0 Å². The van der Waals surface area contributed by atoms with Crippen molar-refractivity contribution in [1.82, 2.24) is 4.31 Å². The number of hydrogen-bond donors (Lipinski definition) is 0. The molecular weight excluding hydrogens is 186 g/mol. The zero-order chi connectivity index (χ0) is 9.42. The van der Waals surface area contributed by atoms with Crippen molar-refractivity contribution in [2.24, 2.45) is 0 Å². The van der Waals surface area contributed by atoms with Gasteiger partial charge in [-0.25, -0.2) is 4.31 Å². The van der Waals surface area contributed by atoms with Gasteiger partial charge >= 0.3 is 0 Å². The van der Waals surface area contributed by atoms with E-state index in [9.17, 15) is 9.59 Å². The molecule has 0 N–H and O–H groups in total. The van der Waals surface area contributed by atoms with Gasteiger partial charge in [0.15, 0.2) is 0 Å². The average molecular weight is 197 g/mol. The van der Waals surface area contributed by atoms with E-state index in [-0.39, 0.29) is 11.8 Å². The van der Waals surface area contributed by atoms with Crippen LogP contribution in [-0.4, -0.2) is 22.4 Å². The highest BCUT2D eigenvalue weighted by Gasteiger charge is 2.38. The zero-order valence-electron chi connectivity index (χ0n) is 7.50. The van der Waals surface area contributed by atoms with Crippen molar-refractivity contribution in [2.75, 3.05) is 6.26 Å². The van der Waals surface area contributed by atoms with Crippen LogP contribution in [-0.2, 0) is 9.59 Å². The molecule has 0 saturated carbocycles. The van der Waals surface area contributed by atoms with E-state index in [0.717, 1.165) is 36.8 Å². The summed E-state index contributed by atoms with van der Waals surface area (Å²) in [5.41, 5.74) is 1.54. The summed E-state index contributed by atoms with van der Waals surface area (Å²) in [4.78, 5) is 23.2. The molecule has 2 amide bonds. The molecule has 3 nitrogen and oxygen atoms in total. The monoisotopic (exact) mass is 197 g/mol. The second-order valence-electron chi connectivity index (χ2n) is 3.25. The third-order valence-corrected chi connectivity index (χ3v) is 3.23. The zero-order valence-corrected chi connectivity index (χ0v) is 8.32. The first-order valence-electron chi connectivity index (χ1n) is 4.40. The molecule has 1 aliphatic heterocycles. The maximum atomic E-state index is 11.6. The average Bonchev–Trinajstić information content (AvgIpc) is 2.41. The molecule has 0 unspecified atom stereocenters. The summed E-state index contributed by atoms with van der Waals surface area (Å²) in [6.45, 7) is 0. The quantitative estimate of drug-likeness (QED) is 0.472. The first kappa shape index (κ1) is 8.81. The number of nitrogens with zero attached hydrogens (tertiary/aromatic N) is 1. The number of hydrogen-bond acceptors (Lipinski definition) is 3. The van der Waals surface area contributed by atoms with E-state index in [4.69, 9.17) is 0 Å². The summed E-state index contributed by atoms with van der Waals surface area (Å²) >= 11 is 1.21. The minimum atomic E-state index is -0.0767. The van der Waals surface area contributed by atoms with Crippen molar-refractivity contribution >= 4 is 23.8 Å². The molecule has 0 aromatic rings. The topological polar surface area (TPSA) is 37.4 Å². The Labute approximate surface area is 81.3 Å². The largest absolute Gasteiger partial charge is 0.268 e. The van der Waals surface area contributed by atoms with Gasteiger partial charge in [0.25, 0.3) is 11.8 Å². The highest BCUT2D eigenvalue weighted by Crippen LogP contribution is 2.35. The molecule has 0 spiro atoms. The predicted molar refractivity (Wildman–Crippen MR) is 50.9 cm³/mol. The molecular formula is C9H11NO2S. The first-order valence-corrected chi connectivity index (χ1v) is 5.59. The maximum Gasteiger partial charge on any atom is 0.267 e. The lowest BCUT2D eigenvalue weighted by Gasteiger charge is -2.08. The molecule has 0 atom stereocenters. The first-order chi connectivity index (χ1) is 6.25. The van der Waals surface area contributed by atoms with Crippen LogP contribution >= 0.6 is 11.9 Å². The van der Waals surface area contributed by atoms with Crippen molar-refractivity contribution < 1.29 is 9.59 Å². The molecule has 0 bridgehead atoms. The predicted octanol–water partition coefficient (Wildman–Crippen LogP) is 1.50. The molecule has 0 saturated heterocycles. The van der Waals surface area contributed by atoms with Gasteiger partial charge in [-0.1, -0.05) is 0 Å². The Balaban J connectivity index is 2.35. The Morgan fingerprint density at radius 3 is 1.92 bits per heavy atom. The lowest BCUT2D eigenvalue weighted by Crippen LogP contribution is -2.23. The SMILES string of the molecule is CSN1C(=O)C2=C(CCCC2)C1=O. The highest BCUT2D eigenvalue weighted by atomic mass is 32.2. The van der Waals surface area contributed by atoms with Gasteiger partial charge in [-0.3, -0.25) is 9.59 Å². The van der Waals surface area contributed by atoms with Crippen molar-refractivity contribution in [3.8, 4) is 0 Å². The smallest absolute Gasteiger partial charge is 0.267 e.